The van der Waals surface area contributed by atoms with Gasteiger partial charge >= 0.3 is 0 Å². The standard InChI is InChI=1S/C45H35NO/c1-26-36-25-37-40(46-26)17-10-18-41(37)47-42-24-28(20-22-31(36)42)44-34-14-6-4-12-32(34)43(33-13-5-7-15-35(33)44)27-19-21-30-29-11-8-9-16-38(29)45(2,3)39(30)23-27/h4-24,29,36,38H,25H2,1-3H3. The summed E-state index contributed by atoms with van der Waals surface area (Å²) in [5, 5.41) is 5.07. The Balaban J connectivity index is 1.20. The molecule has 10 rings (SSSR count). The molecule has 3 atom stereocenters. The van der Waals surface area contributed by atoms with E-state index < -0.39 is 0 Å². The van der Waals surface area contributed by atoms with E-state index in [2.05, 4.69) is 148 Å². The Morgan fingerprint density at radius 2 is 1.30 bits per heavy atom. The van der Waals surface area contributed by atoms with Crippen molar-refractivity contribution >= 4 is 32.9 Å². The van der Waals surface area contributed by atoms with E-state index in [0.29, 0.717) is 11.8 Å². The second-order valence-corrected chi connectivity index (χ2v) is 14.3. The maximum atomic E-state index is 6.74. The first-order valence-electron chi connectivity index (χ1n) is 16.9. The molecule has 0 aromatic heterocycles. The summed E-state index contributed by atoms with van der Waals surface area (Å²) in [5.74, 6) is 3.02. The highest BCUT2D eigenvalue weighted by atomic mass is 16.5. The summed E-state index contributed by atoms with van der Waals surface area (Å²) < 4.78 is 6.74. The number of ether oxygens (including phenoxy) is 1. The smallest absolute Gasteiger partial charge is 0.132 e. The van der Waals surface area contributed by atoms with Crippen LogP contribution in [0.25, 0.3) is 43.8 Å². The lowest BCUT2D eigenvalue weighted by Gasteiger charge is -2.29. The van der Waals surface area contributed by atoms with E-state index in [9.17, 15) is 0 Å². The number of benzene rings is 6. The Kier molecular flexibility index (Phi) is 5.54. The number of rotatable bonds is 2. The fourth-order valence-electron chi connectivity index (χ4n) is 9.18. The second-order valence-electron chi connectivity index (χ2n) is 14.3. The quantitative estimate of drug-likeness (QED) is 0.180. The highest BCUT2D eigenvalue weighted by molar-refractivity contribution is 6.21. The third-order valence-corrected chi connectivity index (χ3v) is 11.5. The second kappa shape index (κ2) is 9.65. The van der Waals surface area contributed by atoms with Gasteiger partial charge in [0.15, 0.2) is 0 Å². The van der Waals surface area contributed by atoms with Crippen LogP contribution in [0.15, 0.2) is 132 Å². The van der Waals surface area contributed by atoms with Gasteiger partial charge in [-0.3, -0.25) is 4.99 Å². The van der Waals surface area contributed by atoms with Gasteiger partial charge in [0.25, 0.3) is 0 Å². The molecule has 2 nitrogen and oxygen atoms in total. The lowest BCUT2D eigenvalue weighted by molar-refractivity contribution is 0.394. The van der Waals surface area contributed by atoms with E-state index in [0.717, 1.165) is 29.3 Å². The highest BCUT2D eigenvalue weighted by Gasteiger charge is 2.44. The number of hydrogen-bond acceptors (Lipinski definition) is 2. The molecule has 2 heterocycles. The maximum Gasteiger partial charge on any atom is 0.132 e. The minimum Gasteiger partial charge on any atom is -0.457 e. The van der Waals surface area contributed by atoms with Crippen LogP contribution in [-0.4, -0.2) is 5.71 Å². The molecular formula is C45H35NO. The summed E-state index contributed by atoms with van der Waals surface area (Å²) in [6.07, 6.45) is 10.2. The summed E-state index contributed by atoms with van der Waals surface area (Å²) in [6.45, 7) is 6.99. The molecule has 6 aromatic rings. The van der Waals surface area contributed by atoms with Crippen LogP contribution in [0.1, 0.15) is 54.9 Å². The first-order valence-corrected chi connectivity index (χ1v) is 16.9. The normalized spacial score (nSPS) is 21.1. The Labute approximate surface area is 275 Å². The maximum absolute atomic E-state index is 6.74. The summed E-state index contributed by atoms with van der Waals surface area (Å²) >= 11 is 0. The molecule has 0 amide bonds. The molecule has 2 aliphatic carbocycles. The van der Waals surface area contributed by atoms with E-state index >= 15 is 0 Å². The molecule has 0 radical (unpaired) electrons. The zero-order chi connectivity index (χ0) is 31.4. The number of fused-ring (bicyclic) bond motifs is 8. The van der Waals surface area contributed by atoms with Crippen molar-refractivity contribution in [1.29, 1.82) is 0 Å². The van der Waals surface area contributed by atoms with Crippen molar-refractivity contribution < 1.29 is 4.74 Å². The molecule has 226 valence electrons. The molecule has 0 saturated carbocycles. The zero-order valence-corrected chi connectivity index (χ0v) is 26.9. The van der Waals surface area contributed by atoms with Crippen molar-refractivity contribution in [1.82, 2.24) is 0 Å². The van der Waals surface area contributed by atoms with Crippen molar-refractivity contribution in [2.75, 3.05) is 0 Å². The lowest BCUT2D eigenvalue weighted by atomic mass is 9.74. The average Bonchev–Trinajstić information content (AvgIpc) is 3.21. The molecular weight excluding hydrogens is 571 g/mol. The van der Waals surface area contributed by atoms with Gasteiger partial charge in [0.05, 0.1) is 5.69 Å². The zero-order valence-electron chi connectivity index (χ0n) is 26.9. The van der Waals surface area contributed by atoms with Crippen LogP contribution in [0.2, 0.25) is 0 Å². The van der Waals surface area contributed by atoms with E-state index in [1.54, 1.807) is 0 Å². The van der Waals surface area contributed by atoms with Crippen LogP contribution in [0.3, 0.4) is 0 Å². The summed E-state index contributed by atoms with van der Waals surface area (Å²) in [6, 6.07) is 38.3. The van der Waals surface area contributed by atoms with Gasteiger partial charge in [0.2, 0.25) is 0 Å². The lowest BCUT2D eigenvalue weighted by Crippen LogP contribution is -2.24. The summed E-state index contributed by atoms with van der Waals surface area (Å²) in [7, 11) is 0. The van der Waals surface area contributed by atoms with Crippen LogP contribution in [-0.2, 0) is 11.8 Å². The molecule has 0 saturated heterocycles. The van der Waals surface area contributed by atoms with Gasteiger partial charge in [-0.25, -0.2) is 0 Å². The molecule has 6 aromatic carbocycles. The summed E-state index contributed by atoms with van der Waals surface area (Å²) in [5.41, 5.74) is 12.6. The fourth-order valence-corrected chi connectivity index (χ4v) is 9.18. The van der Waals surface area contributed by atoms with Crippen molar-refractivity contribution in [3.8, 4) is 33.8 Å². The average molecular weight is 606 g/mol. The predicted molar refractivity (Wildman–Crippen MR) is 196 cm³/mol. The van der Waals surface area contributed by atoms with Gasteiger partial charge in [0.1, 0.15) is 11.5 Å². The van der Waals surface area contributed by atoms with Crippen LogP contribution in [0.4, 0.5) is 5.69 Å². The minimum atomic E-state index is 0.0619. The number of allylic oxidation sites excluding steroid dienone is 4. The Morgan fingerprint density at radius 1 is 0.660 bits per heavy atom. The van der Waals surface area contributed by atoms with Crippen LogP contribution < -0.4 is 4.74 Å². The molecule has 2 aliphatic heterocycles. The molecule has 0 spiro atoms. The Bertz CT molecular complexity index is 2360. The largest absolute Gasteiger partial charge is 0.457 e. The van der Waals surface area contributed by atoms with E-state index in [-0.39, 0.29) is 11.3 Å². The SMILES string of the molecule is CC1=Nc2cccc3c2CC1c1ccc(-c2c4ccccc4c(-c4ccc5c(c4)C(C)(C)C4C=CC=CC54)c4ccccc24)cc1O3. The van der Waals surface area contributed by atoms with Crippen molar-refractivity contribution in [2.24, 2.45) is 10.9 Å². The number of hydrogen-bond donors (Lipinski definition) is 0. The van der Waals surface area contributed by atoms with Crippen molar-refractivity contribution in [3.05, 3.63) is 150 Å². The van der Waals surface area contributed by atoms with Gasteiger partial charge < -0.3 is 4.74 Å². The Hall–Kier alpha value is -5.21. The number of nitrogens with zero attached hydrogens (tertiary/aromatic N) is 1. The fraction of sp³-hybridized carbons (Fsp3) is 0.178. The van der Waals surface area contributed by atoms with Crippen molar-refractivity contribution in [3.63, 3.8) is 0 Å². The first kappa shape index (κ1) is 27.0. The minimum absolute atomic E-state index is 0.0619. The third kappa shape index (κ3) is 3.76. The van der Waals surface area contributed by atoms with Gasteiger partial charge in [-0.15, -0.1) is 0 Å². The topological polar surface area (TPSA) is 21.6 Å². The first-order chi connectivity index (χ1) is 23.0. The van der Waals surface area contributed by atoms with Crippen LogP contribution in [0, 0.1) is 5.92 Å². The molecule has 47 heavy (non-hydrogen) atoms. The van der Waals surface area contributed by atoms with E-state index in [4.69, 9.17) is 9.73 Å². The van der Waals surface area contributed by atoms with Gasteiger partial charge in [-0.05, 0) is 97.8 Å². The Morgan fingerprint density at radius 3 is 2.00 bits per heavy atom. The molecule has 2 heteroatoms. The molecule has 3 unspecified atom stereocenters. The monoisotopic (exact) mass is 605 g/mol. The molecule has 0 N–H and O–H groups in total. The van der Waals surface area contributed by atoms with E-state index in [1.807, 2.05) is 0 Å². The van der Waals surface area contributed by atoms with Gasteiger partial charge in [-0.2, -0.15) is 0 Å². The summed E-state index contributed by atoms with van der Waals surface area (Å²) in [4.78, 5) is 4.98. The molecule has 0 fully saturated rings. The number of aliphatic imine (C=N–C) groups is 1. The molecule has 4 aliphatic rings. The van der Waals surface area contributed by atoms with Crippen LogP contribution >= 0.6 is 0 Å². The van der Waals surface area contributed by atoms with Crippen molar-refractivity contribution in [2.45, 2.75) is 44.4 Å². The van der Waals surface area contributed by atoms with E-state index in [1.165, 1.54) is 66.1 Å². The highest BCUT2D eigenvalue weighted by Crippen LogP contribution is 2.55. The van der Waals surface area contributed by atoms with Gasteiger partial charge in [0, 0.05) is 28.7 Å². The third-order valence-electron chi connectivity index (χ3n) is 11.5. The molecule has 2 bridgehead atoms. The predicted octanol–water partition coefficient (Wildman–Crippen LogP) is 12.0. The van der Waals surface area contributed by atoms with Crippen LogP contribution in [0.5, 0.6) is 11.5 Å². The van der Waals surface area contributed by atoms with Gasteiger partial charge in [-0.1, -0.05) is 123 Å².